The normalized spacial score (nSPS) is 20.9. The van der Waals surface area contributed by atoms with Crippen LogP contribution in [0.15, 0.2) is 24.3 Å². The fourth-order valence-electron chi connectivity index (χ4n) is 3.11. The second kappa shape index (κ2) is 6.75. The van der Waals surface area contributed by atoms with Crippen LogP contribution < -0.4 is 0 Å². The van der Waals surface area contributed by atoms with Gasteiger partial charge in [-0.1, -0.05) is 19.1 Å². The lowest BCUT2D eigenvalue weighted by Crippen LogP contribution is -2.26. The molecule has 0 radical (unpaired) electrons. The highest BCUT2D eigenvalue weighted by Crippen LogP contribution is 2.32. The number of hydrogen-bond donors (Lipinski definition) is 2. The van der Waals surface area contributed by atoms with Crippen molar-refractivity contribution < 1.29 is 15.0 Å². The second-order valence-corrected chi connectivity index (χ2v) is 5.60. The van der Waals surface area contributed by atoms with Gasteiger partial charge < -0.3 is 10.2 Å². The van der Waals surface area contributed by atoms with Crippen LogP contribution in [0.25, 0.3) is 0 Å². The molecular weight excluding hydrogens is 254 g/mol. The largest absolute Gasteiger partial charge is 0.508 e. The lowest BCUT2D eigenvalue weighted by molar-refractivity contribution is -0.137. The maximum atomic E-state index is 10.6. The van der Waals surface area contributed by atoms with Gasteiger partial charge in [-0.25, -0.2) is 0 Å². The molecule has 2 N–H and O–H groups in total. The maximum absolute atomic E-state index is 10.6. The molecule has 1 aromatic rings. The number of carboxylic acids is 1. The Morgan fingerprint density at radius 3 is 2.70 bits per heavy atom. The van der Waals surface area contributed by atoms with E-state index in [1.807, 2.05) is 12.1 Å². The summed E-state index contributed by atoms with van der Waals surface area (Å²) in [6, 6.07) is 7.79. The SMILES string of the molecule is CCC(c1ccc(O)cc1)N1CCC(CCC(=O)O)C1. The van der Waals surface area contributed by atoms with Crippen LogP contribution in [0.3, 0.4) is 0 Å². The van der Waals surface area contributed by atoms with Crippen LogP contribution in [0.4, 0.5) is 0 Å². The number of nitrogens with zero attached hydrogens (tertiary/aromatic N) is 1. The summed E-state index contributed by atoms with van der Waals surface area (Å²) in [4.78, 5) is 13.1. The minimum absolute atomic E-state index is 0.272. The highest BCUT2D eigenvalue weighted by Gasteiger charge is 2.28. The highest BCUT2D eigenvalue weighted by atomic mass is 16.4. The third kappa shape index (κ3) is 3.73. The summed E-state index contributed by atoms with van der Waals surface area (Å²) in [6.45, 7) is 4.18. The van der Waals surface area contributed by atoms with E-state index in [0.717, 1.165) is 32.4 Å². The van der Waals surface area contributed by atoms with Gasteiger partial charge in [0.1, 0.15) is 5.75 Å². The Balaban J connectivity index is 1.96. The van der Waals surface area contributed by atoms with Crippen molar-refractivity contribution >= 4 is 5.97 Å². The molecule has 0 saturated carbocycles. The highest BCUT2D eigenvalue weighted by molar-refractivity contribution is 5.66. The molecule has 1 aliphatic rings. The van der Waals surface area contributed by atoms with E-state index in [-0.39, 0.29) is 6.42 Å². The van der Waals surface area contributed by atoms with E-state index in [9.17, 15) is 9.90 Å². The molecule has 0 aromatic heterocycles. The van der Waals surface area contributed by atoms with Crippen molar-refractivity contribution in [1.29, 1.82) is 0 Å². The molecule has 4 heteroatoms. The summed E-state index contributed by atoms with van der Waals surface area (Å²) >= 11 is 0. The summed E-state index contributed by atoms with van der Waals surface area (Å²) in [7, 11) is 0. The van der Waals surface area contributed by atoms with E-state index in [1.54, 1.807) is 12.1 Å². The average Bonchev–Trinajstić information content (AvgIpc) is 2.88. The van der Waals surface area contributed by atoms with Crippen LogP contribution in [0.1, 0.15) is 44.2 Å². The molecule has 2 rings (SSSR count). The summed E-state index contributed by atoms with van der Waals surface area (Å²) in [6.07, 6.45) is 3.16. The predicted molar refractivity (Wildman–Crippen MR) is 77.7 cm³/mol. The Hall–Kier alpha value is -1.55. The number of phenolic OH excluding ortho intramolecular Hbond substituents is 1. The molecule has 0 spiro atoms. The summed E-state index contributed by atoms with van der Waals surface area (Å²) in [5.74, 6) is 0.0932. The van der Waals surface area contributed by atoms with E-state index in [1.165, 1.54) is 5.56 Å². The number of hydrogen-bond acceptors (Lipinski definition) is 3. The van der Waals surface area contributed by atoms with Crippen molar-refractivity contribution in [3.8, 4) is 5.75 Å². The second-order valence-electron chi connectivity index (χ2n) is 5.60. The lowest BCUT2D eigenvalue weighted by Gasteiger charge is -2.27. The van der Waals surface area contributed by atoms with Crippen molar-refractivity contribution in [2.24, 2.45) is 5.92 Å². The number of phenols is 1. The first kappa shape index (κ1) is 14.9. The van der Waals surface area contributed by atoms with Gasteiger partial charge >= 0.3 is 5.97 Å². The van der Waals surface area contributed by atoms with Crippen LogP contribution in [-0.4, -0.2) is 34.2 Å². The molecule has 20 heavy (non-hydrogen) atoms. The van der Waals surface area contributed by atoms with E-state index < -0.39 is 5.97 Å². The van der Waals surface area contributed by atoms with E-state index in [0.29, 0.717) is 17.7 Å². The molecule has 4 nitrogen and oxygen atoms in total. The Kier molecular flexibility index (Phi) is 5.01. The molecule has 0 aliphatic carbocycles. The van der Waals surface area contributed by atoms with Gasteiger partial charge in [0.25, 0.3) is 0 Å². The van der Waals surface area contributed by atoms with Gasteiger partial charge in [-0.3, -0.25) is 9.69 Å². The van der Waals surface area contributed by atoms with Crippen LogP contribution in [0, 0.1) is 5.92 Å². The molecule has 2 unspecified atom stereocenters. The monoisotopic (exact) mass is 277 g/mol. The minimum atomic E-state index is -0.700. The zero-order valence-electron chi connectivity index (χ0n) is 12.0. The smallest absolute Gasteiger partial charge is 0.303 e. The van der Waals surface area contributed by atoms with Gasteiger partial charge in [-0.15, -0.1) is 0 Å². The standard InChI is InChI=1S/C16H23NO3/c1-2-15(13-4-6-14(18)7-5-13)17-10-9-12(11-17)3-8-16(19)20/h4-7,12,15,18H,2-3,8-11H2,1H3,(H,19,20). The molecule has 1 aromatic carbocycles. The fourth-order valence-corrected chi connectivity index (χ4v) is 3.11. The first-order valence-corrected chi connectivity index (χ1v) is 7.35. The fraction of sp³-hybridized carbons (Fsp3) is 0.562. The minimum Gasteiger partial charge on any atom is -0.508 e. The summed E-state index contributed by atoms with van der Waals surface area (Å²) < 4.78 is 0. The van der Waals surface area contributed by atoms with Gasteiger partial charge in [-0.2, -0.15) is 0 Å². The molecular formula is C16H23NO3. The maximum Gasteiger partial charge on any atom is 0.303 e. The quantitative estimate of drug-likeness (QED) is 0.839. The summed E-state index contributed by atoms with van der Waals surface area (Å²) in [5, 5.41) is 18.1. The molecule has 1 fully saturated rings. The number of aliphatic carboxylic acids is 1. The zero-order chi connectivity index (χ0) is 14.5. The molecule has 2 atom stereocenters. The van der Waals surface area contributed by atoms with Crippen LogP contribution in [0.2, 0.25) is 0 Å². The number of likely N-dealkylation sites (tertiary alicyclic amines) is 1. The van der Waals surface area contributed by atoms with Gasteiger partial charge in [-0.05, 0) is 49.4 Å². The first-order chi connectivity index (χ1) is 9.60. The predicted octanol–water partition coefficient (Wildman–Crippen LogP) is 3.03. The molecule has 0 bridgehead atoms. The third-order valence-electron chi connectivity index (χ3n) is 4.19. The van der Waals surface area contributed by atoms with Crippen LogP contribution in [-0.2, 0) is 4.79 Å². The van der Waals surface area contributed by atoms with Crippen LogP contribution >= 0.6 is 0 Å². The van der Waals surface area contributed by atoms with Crippen molar-refractivity contribution in [3.05, 3.63) is 29.8 Å². The van der Waals surface area contributed by atoms with Gasteiger partial charge in [0.15, 0.2) is 0 Å². The van der Waals surface area contributed by atoms with Crippen molar-refractivity contribution in [1.82, 2.24) is 4.90 Å². The van der Waals surface area contributed by atoms with Gasteiger partial charge in [0.2, 0.25) is 0 Å². The summed E-state index contributed by atoms with van der Waals surface area (Å²) in [5.41, 5.74) is 1.23. The Morgan fingerprint density at radius 1 is 1.40 bits per heavy atom. The molecule has 1 saturated heterocycles. The first-order valence-electron chi connectivity index (χ1n) is 7.35. The van der Waals surface area contributed by atoms with Crippen molar-refractivity contribution in [3.63, 3.8) is 0 Å². The number of carboxylic acid groups (broad SMARTS) is 1. The van der Waals surface area contributed by atoms with Gasteiger partial charge in [0.05, 0.1) is 0 Å². The number of aromatic hydroxyl groups is 1. The number of rotatable bonds is 6. The Morgan fingerprint density at radius 2 is 2.10 bits per heavy atom. The van der Waals surface area contributed by atoms with Crippen molar-refractivity contribution in [2.75, 3.05) is 13.1 Å². The van der Waals surface area contributed by atoms with E-state index in [4.69, 9.17) is 5.11 Å². The molecule has 1 heterocycles. The topological polar surface area (TPSA) is 60.8 Å². The van der Waals surface area contributed by atoms with Crippen molar-refractivity contribution in [2.45, 2.75) is 38.6 Å². The third-order valence-corrected chi connectivity index (χ3v) is 4.19. The number of carbonyl (C=O) groups is 1. The molecule has 110 valence electrons. The molecule has 0 amide bonds. The number of benzene rings is 1. The van der Waals surface area contributed by atoms with Crippen LogP contribution in [0.5, 0.6) is 5.75 Å². The lowest BCUT2D eigenvalue weighted by atomic mass is 10.0. The Bertz CT molecular complexity index is 444. The Labute approximate surface area is 120 Å². The van der Waals surface area contributed by atoms with Gasteiger partial charge in [0, 0.05) is 19.0 Å². The van der Waals surface area contributed by atoms with E-state index in [2.05, 4.69) is 11.8 Å². The van der Waals surface area contributed by atoms with E-state index >= 15 is 0 Å². The average molecular weight is 277 g/mol. The molecule has 1 aliphatic heterocycles. The zero-order valence-corrected chi connectivity index (χ0v) is 12.0.